The van der Waals surface area contributed by atoms with Gasteiger partial charge in [-0.2, -0.15) is 0 Å². The lowest BCUT2D eigenvalue weighted by Gasteiger charge is -2.03. The normalized spacial score (nSPS) is 13.5. The average molecular weight is 162 g/mol. The maximum Gasteiger partial charge on any atom is 0.195 e. The van der Waals surface area contributed by atoms with Gasteiger partial charge in [0.25, 0.3) is 0 Å². The van der Waals surface area contributed by atoms with Crippen molar-refractivity contribution >= 4 is 8.03 Å². The highest BCUT2D eigenvalue weighted by atomic mass is 31.1. The number of rotatable bonds is 5. The van der Waals surface area contributed by atoms with Crippen molar-refractivity contribution in [2.75, 3.05) is 12.8 Å². The Kier molecular flexibility index (Phi) is 5.66. The summed E-state index contributed by atoms with van der Waals surface area (Å²) in [6.45, 7) is 8.12. The first-order chi connectivity index (χ1) is 4.66. The summed E-state index contributed by atoms with van der Waals surface area (Å²) < 4.78 is 15.9. The second-order valence-corrected chi connectivity index (χ2v) is 4.01. The van der Waals surface area contributed by atoms with Gasteiger partial charge < -0.3 is 4.52 Å². The lowest BCUT2D eigenvalue weighted by molar-refractivity contribution is 0.284. The van der Waals surface area contributed by atoms with Gasteiger partial charge in [-0.05, 0) is 5.92 Å². The van der Waals surface area contributed by atoms with Gasteiger partial charge in [-0.15, -0.1) is 6.58 Å². The van der Waals surface area contributed by atoms with Crippen LogP contribution in [0.1, 0.15) is 13.8 Å². The van der Waals surface area contributed by atoms with Gasteiger partial charge in [-0.25, -0.2) is 0 Å². The minimum absolute atomic E-state index is 0.457. The van der Waals surface area contributed by atoms with E-state index < -0.39 is 8.03 Å². The van der Waals surface area contributed by atoms with Crippen LogP contribution in [0.25, 0.3) is 0 Å². The third-order valence-electron chi connectivity index (χ3n) is 0.889. The van der Waals surface area contributed by atoms with Crippen LogP contribution in [0.5, 0.6) is 0 Å². The van der Waals surface area contributed by atoms with Gasteiger partial charge in [0.05, 0.1) is 6.61 Å². The van der Waals surface area contributed by atoms with Gasteiger partial charge in [0.2, 0.25) is 0 Å². The molecule has 0 bridgehead atoms. The summed E-state index contributed by atoms with van der Waals surface area (Å²) in [6, 6.07) is 0. The van der Waals surface area contributed by atoms with Crippen LogP contribution in [0.15, 0.2) is 12.7 Å². The van der Waals surface area contributed by atoms with Gasteiger partial charge in [0, 0.05) is 6.16 Å². The van der Waals surface area contributed by atoms with E-state index in [0.717, 1.165) is 0 Å². The van der Waals surface area contributed by atoms with E-state index in [1.165, 1.54) is 0 Å². The Bertz CT molecular complexity index is 121. The van der Waals surface area contributed by atoms with Crippen LogP contribution >= 0.6 is 8.03 Å². The highest BCUT2D eigenvalue weighted by Gasteiger charge is 1.97. The van der Waals surface area contributed by atoms with E-state index >= 15 is 0 Å². The SMILES string of the molecule is C=CC[PH](=O)OCC(C)C. The summed E-state index contributed by atoms with van der Waals surface area (Å²) in [4.78, 5) is 0. The molecule has 3 heteroatoms. The van der Waals surface area contributed by atoms with E-state index in [1.54, 1.807) is 6.08 Å². The standard InChI is InChI=1S/C7H15O2P/c1-4-5-10(8)9-6-7(2)3/h4,7,10H,1,5-6H2,2-3H3. The smallest absolute Gasteiger partial charge is 0.195 e. The molecule has 0 aromatic carbocycles. The molecule has 0 radical (unpaired) electrons. The number of allylic oxidation sites excluding steroid dienone is 1. The van der Waals surface area contributed by atoms with Crippen LogP contribution in [0, 0.1) is 5.92 Å². The van der Waals surface area contributed by atoms with Crippen LogP contribution in [-0.2, 0) is 9.09 Å². The third-order valence-corrected chi connectivity index (χ3v) is 2.00. The van der Waals surface area contributed by atoms with E-state index in [9.17, 15) is 4.57 Å². The summed E-state index contributed by atoms with van der Waals surface area (Å²) in [5.74, 6) is 0.457. The zero-order chi connectivity index (χ0) is 7.98. The van der Waals surface area contributed by atoms with Crippen molar-refractivity contribution in [3.05, 3.63) is 12.7 Å². The van der Waals surface area contributed by atoms with Crippen LogP contribution in [-0.4, -0.2) is 12.8 Å². The molecule has 0 N–H and O–H groups in total. The fourth-order valence-electron chi connectivity index (χ4n) is 0.436. The Morgan fingerprint density at radius 3 is 2.70 bits per heavy atom. The van der Waals surface area contributed by atoms with E-state index in [4.69, 9.17) is 4.52 Å². The Morgan fingerprint density at radius 1 is 1.70 bits per heavy atom. The van der Waals surface area contributed by atoms with Crippen molar-refractivity contribution in [1.29, 1.82) is 0 Å². The van der Waals surface area contributed by atoms with Gasteiger partial charge in [-0.1, -0.05) is 19.9 Å². The summed E-state index contributed by atoms with van der Waals surface area (Å²) in [6.07, 6.45) is 2.12. The molecular formula is C7H15O2P. The molecule has 2 nitrogen and oxygen atoms in total. The monoisotopic (exact) mass is 162 g/mol. The van der Waals surface area contributed by atoms with Gasteiger partial charge in [0.1, 0.15) is 0 Å². The first-order valence-corrected chi connectivity index (χ1v) is 4.95. The van der Waals surface area contributed by atoms with Crippen molar-refractivity contribution in [3.63, 3.8) is 0 Å². The van der Waals surface area contributed by atoms with Crippen molar-refractivity contribution in [2.45, 2.75) is 13.8 Å². The molecule has 0 saturated heterocycles. The Hall–Kier alpha value is -0.0700. The minimum Gasteiger partial charge on any atom is -0.330 e. The van der Waals surface area contributed by atoms with Crippen LogP contribution in [0.4, 0.5) is 0 Å². The molecule has 0 aliphatic heterocycles. The molecule has 0 heterocycles. The fourth-order valence-corrected chi connectivity index (χ4v) is 1.31. The molecule has 0 spiro atoms. The van der Waals surface area contributed by atoms with Crippen molar-refractivity contribution in [3.8, 4) is 0 Å². The zero-order valence-electron chi connectivity index (χ0n) is 6.59. The molecule has 0 aliphatic carbocycles. The van der Waals surface area contributed by atoms with Crippen molar-refractivity contribution < 1.29 is 9.09 Å². The Morgan fingerprint density at radius 2 is 2.30 bits per heavy atom. The van der Waals surface area contributed by atoms with Crippen LogP contribution in [0.3, 0.4) is 0 Å². The molecule has 10 heavy (non-hydrogen) atoms. The average Bonchev–Trinajstić information content (AvgIpc) is 1.85. The van der Waals surface area contributed by atoms with E-state index in [2.05, 4.69) is 6.58 Å². The predicted molar refractivity (Wildman–Crippen MR) is 44.9 cm³/mol. The van der Waals surface area contributed by atoms with Gasteiger partial charge >= 0.3 is 0 Å². The number of hydrogen-bond acceptors (Lipinski definition) is 2. The van der Waals surface area contributed by atoms with Gasteiger partial charge in [-0.3, -0.25) is 4.57 Å². The predicted octanol–water partition coefficient (Wildman–Crippen LogP) is 2.32. The fraction of sp³-hybridized carbons (Fsp3) is 0.714. The molecule has 1 atom stereocenters. The first-order valence-electron chi connectivity index (χ1n) is 3.43. The van der Waals surface area contributed by atoms with Gasteiger partial charge in [0.15, 0.2) is 8.03 Å². The molecule has 0 rings (SSSR count). The molecule has 0 fully saturated rings. The second-order valence-electron chi connectivity index (χ2n) is 2.57. The molecule has 60 valence electrons. The van der Waals surface area contributed by atoms with E-state index in [1.807, 2.05) is 13.8 Å². The van der Waals surface area contributed by atoms with E-state index in [-0.39, 0.29) is 0 Å². The van der Waals surface area contributed by atoms with Crippen LogP contribution < -0.4 is 0 Å². The summed E-state index contributed by atoms with van der Waals surface area (Å²) in [7, 11) is -1.80. The third kappa shape index (κ3) is 6.06. The lowest BCUT2D eigenvalue weighted by atomic mass is 10.2. The Labute approximate surface area is 63.1 Å². The number of hydrogen-bond donors (Lipinski definition) is 0. The molecule has 0 aromatic heterocycles. The van der Waals surface area contributed by atoms with Crippen LogP contribution in [0.2, 0.25) is 0 Å². The zero-order valence-corrected chi connectivity index (χ0v) is 7.59. The van der Waals surface area contributed by atoms with Crippen molar-refractivity contribution in [2.24, 2.45) is 5.92 Å². The molecule has 0 aliphatic rings. The van der Waals surface area contributed by atoms with E-state index in [0.29, 0.717) is 18.7 Å². The molecule has 0 amide bonds. The quantitative estimate of drug-likeness (QED) is 0.458. The maximum absolute atomic E-state index is 10.8. The molecule has 0 aromatic rings. The van der Waals surface area contributed by atoms with Crippen molar-refractivity contribution in [1.82, 2.24) is 0 Å². The molecule has 0 saturated carbocycles. The Balaban J connectivity index is 3.30. The summed E-state index contributed by atoms with van der Waals surface area (Å²) >= 11 is 0. The minimum atomic E-state index is -1.80. The first kappa shape index (κ1) is 9.93. The topological polar surface area (TPSA) is 26.3 Å². The lowest BCUT2D eigenvalue weighted by Crippen LogP contribution is -1.96. The largest absolute Gasteiger partial charge is 0.330 e. The molecular weight excluding hydrogens is 147 g/mol. The summed E-state index contributed by atoms with van der Waals surface area (Å²) in [5, 5.41) is 0. The second kappa shape index (κ2) is 5.70. The highest BCUT2D eigenvalue weighted by molar-refractivity contribution is 7.39. The molecule has 1 unspecified atom stereocenters. The summed E-state index contributed by atoms with van der Waals surface area (Å²) in [5.41, 5.74) is 0. The maximum atomic E-state index is 10.8. The highest BCUT2D eigenvalue weighted by Crippen LogP contribution is 2.22.